The van der Waals surface area contributed by atoms with Crippen molar-refractivity contribution in [1.29, 1.82) is 0 Å². The summed E-state index contributed by atoms with van der Waals surface area (Å²) in [6, 6.07) is 16.6. The van der Waals surface area contributed by atoms with Crippen LogP contribution in [0.5, 0.6) is 0 Å². The van der Waals surface area contributed by atoms with E-state index in [1.807, 2.05) is 12.1 Å². The van der Waals surface area contributed by atoms with Crippen LogP contribution in [0.2, 0.25) is 0 Å². The first-order chi connectivity index (χ1) is 16.8. The predicted molar refractivity (Wildman–Crippen MR) is 126 cm³/mol. The van der Waals surface area contributed by atoms with E-state index in [1.165, 1.54) is 12.1 Å². The minimum atomic E-state index is -2.65. The van der Waals surface area contributed by atoms with Gasteiger partial charge in [-0.15, -0.1) is 0 Å². The molecule has 0 fully saturated rings. The first-order valence-electron chi connectivity index (χ1n) is 10.7. The Morgan fingerprint density at radius 3 is 2.26 bits per heavy atom. The van der Waals surface area contributed by atoms with Gasteiger partial charge in [0.05, 0.1) is 5.69 Å². The van der Waals surface area contributed by atoms with Gasteiger partial charge in [-0.2, -0.15) is 8.78 Å². The number of rotatable bonds is 9. The Kier molecular flexibility index (Phi) is 7.40. The number of carbonyl (C=O) groups is 4. The number of ether oxygens (including phenoxy) is 1. The fraction of sp³-hybridized carbons (Fsp3) is 0.200. The normalized spacial score (nSPS) is 12.8. The number of anilines is 1. The van der Waals surface area contributed by atoms with Gasteiger partial charge >= 0.3 is 5.97 Å². The SMILES string of the molecule is O=C(COC(=O)CCCN1C(=O)c2cccc3cccc(c23)C1=O)Nc1ccccc1SC(F)F. The van der Waals surface area contributed by atoms with E-state index < -0.39 is 36.1 Å². The molecule has 0 radical (unpaired) electrons. The van der Waals surface area contributed by atoms with Gasteiger partial charge in [-0.05, 0) is 36.1 Å². The molecule has 0 saturated carbocycles. The van der Waals surface area contributed by atoms with Gasteiger partial charge < -0.3 is 10.1 Å². The second-order valence-corrected chi connectivity index (χ2v) is 8.69. The lowest BCUT2D eigenvalue weighted by Gasteiger charge is -2.27. The van der Waals surface area contributed by atoms with Crippen molar-refractivity contribution in [2.24, 2.45) is 0 Å². The number of halogens is 2. The zero-order valence-corrected chi connectivity index (χ0v) is 19.1. The molecule has 1 aliphatic heterocycles. The number of esters is 1. The van der Waals surface area contributed by atoms with Gasteiger partial charge in [-0.3, -0.25) is 24.1 Å². The third-order valence-electron chi connectivity index (χ3n) is 5.36. The van der Waals surface area contributed by atoms with Crippen LogP contribution in [0.15, 0.2) is 65.6 Å². The molecule has 0 spiro atoms. The number of hydrogen-bond donors (Lipinski definition) is 1. The zero-order chi connectivity index (χ0) is 24.9. The summed E-state index contributed by atoms with van der Waals surface area (Å²) in [7, 11) is 0. The summed E-state index contributed by atoms with van der Waals surface area (Å²) in [6.07, 6.45) is 0.0396. The van der Waals surface area contributed by atoms with E-state index in [9.17, 15) is 28.0 Å². The predicted octanol–water partition coefficient (Wildman–Crippen LogP) is 4.71. The van der Waals surface area contributed by atoms with E-state index in [0.29, 0.717) is 28.3 Å². The molecule has 35 heavy (non-hydrogen) atoms. The monoisotopic (exact) mass is 498 g/mol. The average molecular weight is 499 g/mol. The standard InChI is InChI=1S/C25H20F2N2O5S/c26-25(27)35-19-11-2-1-10-18(19)28-20(30)14-34-21(31)12-5-13-29-23(32)16-8-3-6-15-7-4-9-17(22(15)16)24(29)33/h1-4,6-11,25H,5,12-14H2,(H,28,30). The molecule has 0 aromatic heterocycles. The molecule has 180 valence electrons. The molecule has 4 rings (SSSR count). The number of alkyl halides is 2. The summed E-state index contributed by atoms with van der Waals surface area (Å²) in [4.78, 5) is 51.2. The third kappa shape index (κ3) is 5.48. The molecule has 0 saturated heterocycles. The van der Waals surface area contributed by atoms with Crippen LogP contribution in [-0.2, 0) is 14.3 Å². The van der Waals surface area contributed by atoms with Crippen molar-refractivity contribution in [2.75, 3.05) is 18.5 Å². The summed E-state index contributed by atoms with van der Waals surface area (Å²) >= 11 is 0.295. The van der Waals surface area contributed by atoms with Crippen LogP contribution < -0.4 is 5.32 Å². The molecule has 0 atom stereocenters. The number of benzene rings is 3. The summed E-state index contributed by atoms with van der Waals surface area (Å²) in [6.45, 7) is -0.578. The highest BCUT2D eigenvalue weighted by Gasteiger charge is 2.32. The maximum Gasteiger partial charge on any atom is 0.306 e. The van der Waals surface area contributed by atoms with E-state index in [2.05, 4.69) is 5.32 Å². The van der Waals surface area contributed by atoms with Crippen LogP contribution >= 0.6 is 11.8 Å². The van der Waals surface area contributed by atoms with E-state index in [-0.39, 0.29) is 30.0 Å². The van der Waals surface area contributed by atoms with Gasteiger partial charge in [0.25, 0.3) is 23.5 Å². The highest BCUT2D eigenvalue weighted by molar-refractivity contribution is 7.99. The lowest BCUT2D eigenvalue weighted by molar-refractivity contribution is -0.147. The smallest absolute Gasteiger partial charge is 0.306 e. The highest BCUT2D eigenvalue weighted by atomic mass is 32.2. The molecular weight excluding hydrogens is 478 g/mol. The Bertz CT molecular complexity index is 1260. The summed E-state index contributed by atoms with van der Waals surface area (Å²) in [5, 5.41) is 3.87. The molecular formula is C25H20F2N2O5S. The van der Waals surface area contributed by atoms with Crippen molar-refractivity contribution in [3.63, 3.8) is 0 Å². The van der Waals surface area contributed by atoms with Gasteiger partial charge in [-0.1, -0.05) is 48.2 Å². The topological polar surface area (TPSA) is 92.8 Å². The molecule has 7 nitrogen and oxygen atoms in total. The average Bonchev–Trinajstić information content (AvgIpc) is 2.84. The van der Waals surface area contributed by atoms with Crippen molar-refractivity contribution in [3.05, 3.63) is 71.8 Å². The summed E-state index contributed by atoms with van der Waals surface area (Å²) in [5.74, 6) is -4.85. The molecule has 3 aromatic carbocycles. The molecule has 1 heterocycles. The summed E-state index contributed by atoms with van der Waals surface area (Å²) in [5.41, 5.74) is 1.06. The Morgan fingerprint density at radius 1 is 0.943 bits per heavy atom. The largest absolute Gasteiger partial charge is 0.456 e. The van der Waals surface area contributed by atoms with Gasteiger partial charge in [0.1, 0.15) is 0 Å². The number of imide groups is 1. The van der Waals surface area contributed by atoms with Crippen molar-refractivity contribution >= 4 is 51.9 Å². The van der Waals surface area contributed by atoms with Crippen LogP contribution in [0.4, 0.5) is 14.5 Å². The van der Waals surface area contributed by atoms with Crippen LogP contribution in [0.3, 0.4) is 0 Å². The maximum atomic E-state index is 12.9. The zero-order valence-electron chi connectivity index (χ0n) is 18.3. The molecule has 3 aromatic rings. The Balaban J connectivity index is 1.28. The third-order valence-corrected chi connectivity index (χ3v) is 6.15. The number of hydrogen-bond acceptors (Lipinski definition) is 6. The number of amides is 3. The second kappa shape index (κ2) is 10.6. The molecule has 1 aliphatic rings. The maximum absolute atomic E-state index is 12.9. The minimum Gasteiger partial charge on any atom is -0.456 e. The number of nitrogens with one attached hydrogen (secondary N) is 1. The van der Waals surface area contributed by atoms with E-state index in [1.54, 1.807) is 36.4 Å². The van der Waals surface area contributed by atoms with Crippen LogP contribution in [0.1, 0.15) is 33.6 Å². The summed E-state index contributed by atoms with van der Waals surface area (Å²) < 4.78 is 30.3. The Morgan fingerprint density at radius 2 is 1.60 bits per heavy atom. The number of thioether (sulfide) groups is 1. The van der Waals surface area contributed by atoms with Gasteiger partial charge in [0.2, 0.25) is 0 Å². The van der Waals surface area contributed by atoms with Crippen LogP contribution in [-0.4, -0.2) is 47.5 Å². The highest BCUT2D eigenvalue weighted by Crippen LogP contribution is 2.32. The molecule has 3 amide bonds. The molecule has 0 bridgehead atoms. The first kappa shape index (κ1) is 24.3. The van der Waals surface area contributed by atoms with Gasteiger partial charge in [0, 0.05) is 34.4 Å². The van der Waals surface area contributed by atoms with E-state index in [4.69, 9.17) is 4.74 Å². The Labute approximate surface area is 203 Å². The second-order valence-electron chi connectivity index (χ2n) is 7.66. The van der Waals surface area contributed by atoms with Crippen molar-refractivity contribution in [1.82, 2.24) is 4.90 Å². The molecule has 10 heteroatoms. The molecule has 0 aliphatic carbocycles. The van der Waals surface area contributed by atoms with Crippen LogP contribution in [0, 0.1) is 0 Å². The fourth-order valence-corrected chi connectivity index (χ4v) is 4.43. The van der Waals surface area contributed by atoms with E-state index in [0.717, 1.165) is 10.3 Å². The lowest BCUT2D eigenvalue weighted by atomic mass is 9.94. The van der Waals surface area contributed by atoms with E-state index >= 15 is 0 Å². The first-order valence-corrected chi connectivity index (χ1v) is 11.6. The molecule has 1 N–H and O–H groups in total. The number of carbonyl (C=O) groups excluding carboxylic acids is 4. The fourth-order valence-electron chi connectivity index (χ4n) is 3.84. The van der Waals surface area contributed by atoms with Crippen molar-refractivity contribution < 1.29 is 32.7 Å². The number of para-hydroxylation sites is 1. The van der Waals surface area contributed by atoms with Gasteiger partial charge in [0.15, 0.2) is 6.61 Å². The Hall–Kier alpha value is -3.79. The molecule has 0 unspecified atom stereocenters. The van der Waals surface area contributed by atoms with Crippen LogP contribution in [0.25, 0.3) is 10.8 Å². The minimum absolute atomic E-state index is 0.0158. The number of nitrogens with zero attached hydrogens (tertiary/aromatic N) is 1. The van der Waals surface area contributed by atoms with Crippen molar-refractivity contribution in [3.8, 4) is 0 Å². The van der Waals surface area contributed by atoms with Gasteiger partial charge in [-0.25, -0.2) is 0 Å². The quantitative estimate of drug-likeness (QED) is 0.261. The lowest BCUT2D eigenvalue weighted by Crippen LogP contribution is -2.41. The van der Waals surface area contributed by atoms with Crippen molar-refractivity contribution in [2.45, 2.75) is 23.5 Å².